The predicted molar refractivity (Wildman–Crippen MR) is 164 cm³/mol. The van der Waals surface area contributed by atoms with Gasteiger partial charge in [-0.3, -0.25) is 9.59 Å². The van der Waals surface area contributed by atoms with E-state index >= 15 is 0 Å². The van der Waals surface area contributed by atoms with E-state index in [4.69, 9.17) is 16.3 Å². The normalized spacial score (nSPS) is 18.2. The van der Waals surface area contributed by atoms with Gasteiger partial charge in [-0.25, -0.2) is 15.0 Å². The Hall–Kier alpha value is -3.48. The Bertz CT molecular complexity index is 1430. The van der Waals surface area contributed by atoms with E-state index in [9.17, 15) is 14.7 Å². The van der Waals surface area contributed by atoms with Gasteiger partial charge in [0.25, 0.3) is 5.91 Å². The molecule has 1 saturated carbocycles. The van der Waals surface area contributed by atoms with Gasteiger partial charge in [-0.1, -0.05) is 42.0 Å². The van der Waals surface area contributed by atoms with E-state index in [-0.39, 0.29) is 24.0 Å². The molecule has 42 heavy (non-hydrogen) atoms. The zero-order chi connectivity index (χ0) is 29.9. The largest absolute Gasteiger partial charge is 0.489 e. The number of benzene rings is 1. The molecule has 2 fully saturated rings. The number of rotatable bonds is 11. The average molecular weight is 614 g/mol. The number of hydrogen-bond acceptors (Lipinski definition) is 10. The fourth-order valence-corrected chi connectivity index (χ4v) is 6.14. The lowest BCUT2D eigenvalue weighted by molar-refractivity contribution is -0.115. The van der Waals surface area contributed by atoms with Crippen molar-refractivity contribution < 1.29 is 19.4 Å². The van der Waals surface area contributed by atoms with E-state index < -0.39 is 5.60 Å². The maximum absolute atomic E-state index is 12.9. The van der Waals surface area contributed by atoms with Crippen LogP contribution in [0.5, 0.6) is 5.75 Å². The first kappa shape index (κ1) is 30.0. The van der Waals surface area contributed by atoms with Crippen LogP contribution in [0.15, 0.2) is 30.6 Å². The molecule has 0 radical (unpaired) electrons. The second-order valence-electron chi connectivity index (χ2n) is 10.9. The van der Waals surface area contributed by atoms with Crippen molar-refractivity contribution in [1.29, 1.82) is 0 Å². The summed E-state index contributed by atoms with van der Waals surface area (Å²) in [6.45, 7) is 7.22. The molecule has 0 bridgehead atoms. The van der Waals surface area contributed by atoms with Gasteiger partial charge in [0.15, 0.2) is 16.8 Å². The smallest absolute Gasteiger partial charge is 0.263 e. The van der Waals surface area contributed by atoms with Crippen molar-refractivity contribution >= 4 is 51.5 Å². The van der Waals surface area contributed by atoms with Crippen LogP contribution in [0.3, 0.4) is 0 Å². The number of aryl methyl sites for hydroxylation is 1. The number of aromatic nitrogens is 3. The SMILES string of the molecule is CCC(=O)Nc1nc(C)c(C(=O)N[C@@H](C)c2ccc(O[C@@H]3CCN(c4ncnc(NCC5(O)CCC5)c4Cl)C3)cc2)s1. The summed E-state index contributed by atoms with van der Waals surface area (Å²) < 4.78 is 6.25. The lowest BCUT2D eigenvalue weighted by Gasteiger charge is -2.36. The molecule has 1 aliphatic heterocycles. The van der Waals surface area contributed by atoms with Crippen LogP contribution in [0.25, 0.3) is 0 Å². The number of carbonyl (C=O) groups excluding carboxylic acids is 2. The van der Waals surface area contributed by atoms with Gasteiger partial charge in [-0.2, -0.15) is 0 Å². The zero-order valence-electron chi connectivity index (χ0n) is 23.9. The molecule has 1 saturated heterocycles. The van der Waals surface area contributed by atoms with E-state index in [0.717, 1.165) is 43.5 Å². The summed E-state index contributed by atoms with van der Waals surface area (Å²) in [5, 5.41) is 20.2. The summed E-state index contributed by atoms with van der Waals surface area (Å²) in [5.74, 6) is 1.54. The van der Waals surface area contributed by atoms with Crippen LogP contribution in [0.2, 0.25) is 5.02 Å². The fraction of sp³-hybridized carbons (Fsp3) is 0.483. The van der Waals surface area contributed by atoms with Crippen molar-refractivity contribution in [3.8, 4) is 5.75 Å². The molecule has 0 unspecified atom stereocenters. The summed E-state index contributed by atoms with van der Waals surface area (Å²) >= 11 is 7.81. The Balaban J connectivity index is 1.14. The van der Waals surface area contributed by atoms with Crippen molar-refractivity contribution in [2.45, 2.75) is 70.6 Å². The highest BCUT2D eigenvalue weighted by molar-refractivity contribution is 7.17. The van der Waals surface area contributed by atoms with E-state index in [0.29, 0.717) is 51.9 Å². The Morgan fingerprint density at radius 3 is 2.71 bits per heavy atom. The average Bonchev–Trinajstić information content (AvgIpc) is 3.57. The van der Waals surface area contributed by atoms with Crippen LogP contribution in [-0.4, -0.2) is 63.2 Å². The van der Waals surface area contributed by atoms with Crippen molar-refractivity contribution in [2.75, 3.05) is 35.2 Å². The van der Waals surface area contributed by atoms with Gasteiger partial charge in [0, 0.05) is 25.9 Å². The van der Waals surface area contributed by atoms with Gasteiger partial charge in [-0.15, -0.1) is 0 Å². The Morgan fingerprint density at radius 2 is 2.02 bits per heavy atom. The van der Waals surface area contributed by atoms with Crippen LogP contribution in [0, 0.1) is 6.92 Å². The third-order valence-corrected chi connectivity index (χ3v) is 9.11. The highest BCUT2D eigenvalue weighted by Gasteiger charge is 2.34. The number of ether oxygens (including phenoxy) is 1. The molecular weight excluding hydrogens is 578 g/mol. The van der Waals surface area contributed by atoms with Gasteiger partial charge in [0.2, 0.25) is 5.91 Å². The second-order valence-corrected chi connectivity index (χ2v) is 12.2. The number of halogens is 1. The molecule has 3 aromatic rings. The number of thiazole rings is 1. The van der Waals surface area contributed by atoms with Crippen LogP contribution >= 0.6 is 22.9 Å². The van der Waals surface area contributed by atoms with Gasteiger partial charge in [0.05, 0.1) is 23.9 Å². The van der Waals surface area contributed by atoms with Gasteiger partial charge in [-0.05, 0) is 50.8 Å². The van der Waals surface area contributed by atoms with Crippen LogP contribution in [-0.2, 0) is 4.79 Å². The van der Waals surface area contributed by atoms with Crippen molar-refractivity contribution in [2.24, 2.45) is 0 Å². The number of aliphatic hydroxyl groups is 1. The molecule has 3 heterocycles. The topological polar surface area (TPSA) is 142 Å². The molecule has 4 N–H and O–H groups in total. The first-order valence-corrected chi connectivity index (χ1v) is 15.4. The standard InChI is InChI=1S/C29H36ClN7O4S/c1-4-22(38)36-28-35-18(3)24(42-28)27(39)34-17(2)19-6-8-20(9-7-19)41-21-10-13-37(14-21)26-23(30)25(32-16-33-26)31-15-29(40)11-5-12-29/h6-9,16-17,21,40H,4-5,10-15H2,1-3H3,(H,34,39)(H,31,32,33)(H,35,36,38)/t17-,21+/m0/s1. The van der Waals surface area contributed by atoms with Crippen LogP contribution in [0.1, 0.15) is 72.9 Å². The van der Waals surface area contributed by atoms with Gasteiger partial charge in [0.1, 0.15) is 28.1 Å². The number of anilines is 3. The van der Waals surface area contributed by atoms with Crippen molar-refractivity contribution in [3.05, 3.63) is 51.7 Å². The molecule has 1 aromatic carbocycles. The maximum Gasteiger partial charge on any atom is 0.263 e. The lowest BCUT2D eigenvalue weighted by atomic mass is 9.80. The molecule has 0 spiro atoms. The Kier molecular flexibility index (Phi) is 9.14. The number of nitrogens with one attached hydrogen (secondary N) is 3. The summed E-state index contributed by atoms with van der Waals surface area (Å²) in [6, 6.07) is 7.45. The predicted octanol–water partition coefficient (Wildman–Crippen LogP) is 4.72. The minimum atomic E-state index is -0.682. The van der Waals surface area contributed by atoms with Gasteiger partial charge >= 0.3 is 0 Å². The zero-order valence-corrected chi connectivity index (χ0v) is 25.5. The van der Waals surface area contributed by atoms with E-state index in [2.05, 4.69) is 35.8 Å². The Labute approximate surface area is 254 Å². The third-order valence-electron chi connectivity index (χ3n) is 7.69. The minimum absolute atomic E-state index is 0.0391. The molecule has 13 heteroatoms. The number of carbonyl (C=O) groups is 2. The highest BCUT2D eigenvalue weighted by atomic mass is 35.5. The van der Waals surface area contributed by atoms with Crippen molar-refractivity contribution in [3.63, 3.8) is 0 Å². The molecule has 224 valence electrons. The van der Waals surface area contributed by atoms with Crippen LogP contribution in [0.4, 0.5) is 16.8 Å². The maximum atomic E-state index is 12.9. The summed E-state index contributed by atoms with van der Waals surface area (Å²) in [5.41, 5.74) is 0.831. The Morgan fingerprint density at radius 1 is 1.26 bits per heavy atom. The number of nitrogens with zero attached hydrogens (tertiary/aromatic N) is 4. The summed E-state index contributed by atoms with van der Waals surface area (Å²) in [6.07, 6.45) is 5.20. The molecule has 2 aromatic heterocycles. The van der Waals surface area contributed by atoms with Gasteiger partial charge < -0.3 is 30.7 Å². The second kappa shape index (κ2) is 12.8. The molecule has 5 rings (SSSR count). The van der Waals surface area contributed by atoms with E-state index in [1.807, 2.05) is 31.2 Å². The monoisotopic (exact) mass is 613 g/mol. The first-order valence-electron chi connectivity index (χ1n) is 14.2. The minimum Gasteiger partial charge on any atom is -0.489 e. The lowest BCUT2D eigenvalue weighted by Crippen LogP contribution is -2.43. The molecule has 11 nitrogen and oxygen atoms in total. The molecule has 2 amide bonds. The highest BCUT2D eigenvalue weighted by Crippen LogP contribution is 2.35. The molecule has 2 aliphatic rings. The van der Waals surface area contributed by atoms with Crippen molar-refractivity contribution in [1.82, 2.24) is 20.3 Å². The summed E-state index contributed by atoms with van der Waals surface area (Å²) in [4.78, 5) is 40.1. The molecular formula is C29H36ClN7O4S. The summed E-state index contributed by atoms with van der Waals surface area (Å²) in [7, 11) is 0. The molecule has 1 aliphatic carbocycles. The molecule has 2 atom stereocenters. The van der Waals surface area contributed by atoms with E-state index in [1.54, 1.807) is 13.8 Å². The van der Waals surface area contributed by atoms with Crippen LogP contribution < -0.4 is 25.6 Å². The quantitative estimate of drug-likeness (QED) is 0.242. The number of amides is 2. The third kappa shape index (κ3) is 6.93. The first-order chi connectivity index (χ1) is 20.1. The number of hydrogen-bond donors (Lipinski definition) is 4. The fourth-order valence-electron chi connectivity index (χ4n) is 4.97. The van der Waals surface area contributed by atoms with E-state index in [1.165, 1.54) is 17.7 Å².